The Morgan fingerprint density at radius 1 is 1.55 bits per heavy atom. The summed E-state index contributed by atoms with van der Waals surface area (Å²) in [7, 11) is 0. The second-order valence-electron chi connectivity index (χ2n) is 4.12. The van der Waals surface area contributed by atoms with Gasteiger partial charge in [-0.15, -0.1) is 0 Å². The van der Waals surface area contributed by atoms with Crippen molar-refractivity contribution in [2.24, 2.45) is 5.92 Å². The molecular weight excluding hydrogens is 138 g/mol. The van der Waals surface area contributed by atoms with E-state index in [1.54, 1.807) is 0 Å². The third kappa shape index (κ3) is 1.00. The average Bonchev–Trinajstić information content (AvgIpc) is 2.31. The molecule has 64 valence electrons. The molecule has 0 bridgehead atoms. The van der Waals surface area contributed by atoms with Crippen LogP contribution in [0.1, 0.15) is 26.7 Å². The number of hydrogen-bond acceptors (Lipinski definition) is 2. The highest BCUT2D eigenvalue weighted by atomic mass is 16.5. The van der Waals surface area contributed by atoms with Crippen molar-refractivity contribution in [1.82, 2.24) is 5.32 Å². The molecule has 2 aliphatic heterocycles. The molecule has 2 fully saturated rings. The molecule has 2 heterocycles. The Hall–Kier alpha value is -0.0800. The van der Waals surface area contributed by atoms with Crippen LogP contribution in [0.3, 0.4) is 0 Å². The first kappa shape index (κ1) is 7.56. The zero-order valence-corrected chi connectivity index (χ0v) is 7.39. The lowest BCUT2D eigenvalue weighted by atomic mass is 9.77. The SMILES string of the molecule is CC(C)[C@H]1NC[C@]12CCCO2. The van der Waals surface area contributed by atoms with E-state index in [0.717, 1.165) is 13.2 Å². The fraction of sp³-hybridized carbons (Fsp3) is 1.00. The molecule has 2 heteroatoms. The van der Waals surface area contributed by atoms with Crippen molar-refractivity contribution in [2.75, 3.05) is 13.2 Å². The van der Waals surface area contributed by atoms with Gasteiger partial charge in [-0.3, -0.25) is 0 Å². The van der Waals surface area contributed by atoms with E-state index in [1.807, 2.05) is 0 Å². The van der Waals surface area contributed by atoms with E-state index in [4.69, 9.17) is 4.74 Å². The molecule has 11 heavy (non-hydrogen) atoms. The lowest BCUT2D eigenvalue weighted by Gasteiger charge is -2.49. The predicted molar refractivity (Wildman–Crippen MR) is 44.5 cm³/mol. The molecule has 0 radical (unpaired) electrons. The van der Waals surface area contributed by atoms with Gasteiger partial charge < -0.3 is 10.1 Å². The molecular formula is C9H17NO. The van der Waals surface area contributed by atoms with E-state index >= 15 is 0 Å². The van der Waals surface area contributed by atoms with Gasteiger partial charge in [-0.1, -0.05) is 13.8 Å². The van der Waals surface area contributed by atoms with Gasteiger partial charge in [0.05, 0.1) is 5.60 Å². The molecule has 0 aromatic rings. The van der Waals surface area contributed by atoms with Crippen LogP contribution < -0.4 is 5.32 Å². The van der Waals surface area contributed by atoms with Crippen molar-refractivity contribution < 1.29 is 4.74 Å². The van der Waals surface area contributed by atoms with Crippen molar-refractivity contribution in [1.29, 1.82) is 0 Å². The lowest BCUT2D eigenvalue weighted by Crippen LogP contribution is -2.69. The summed E-state index contributed by atoms with van der Waals surface area (Å²) in [5, 5.41) is 3.45. The molecule has 0 aliphatic carbocycles. The highest BCUT2D eigenvalue weighted by Crippen LogP contribution is 2.37. The van der Waals surface area contributed by atoms with Crippen molar-refractivity contribution in [3.63, 3.8) is 0 Å². The van der Waals surface area contributed by atoms with E-state index in [-0.39, 0.29) is 5.60 Å². The Morgan fingerprint density at radius 2 is 2.36 bits per heavy atom. The maximum absolute atomic E-state index is 5.79. The molecule has 0 unspecified atom stereocenters. The third-order valence-electron chi connectivity index (χ3n) is 2.99. The van der Waals surface area contributed by atoms with Crippen LogP contribution in [-0.4, -0.2) is 24.8 Å². The molecule has 0 aromatic heterocycles. The third-order valence-corrected chi connectivity index (χ3v) is 2.99. The van der Waals surface area contributed by atoms with Crippen LogP contribution in [-0.2, 0) is 4.74 Å². The minimum Gasteiger partial charge on any atom is -0.372 e. The lowest BCUT2D eigenvalue weighted by molar-refractivity contribution is -0.0908. The maximum atomic E-state index is 5.79. The summed E-state index contributed by atoms with van der Waals surface area (Å²) in [6, 6.07) is 0.616. The number of ether oxygens (including phenoxy) is 1. The van der Waals surface area contributed by atoms with Crippen molar-refractivity contribution >= 4 is 0 Å². The van der Waals surface area contributed by atoms with Gasteiger partial charge in [-0.2, -0.15) is 0 Å². The van der Waals surface area contributed by atoms with Gasteiger partial charge in [0.2, 0.25) is 0 Å². The zero-order chi connectivity index (χ0) is 7.90. The van der Waals surface area contributed by atoms with E-state index in [2.05, 4.69) is 19.2 Å². The van der Waals surface area contributed by atoms with Crippen LogP contribution in [0, 0.1) is 5.92 Å². The second kappa shape index (κ2) is 2.46. The summed E-state index contributed by atoms with van der Waals surface area (Å²) in [6.07, 6.45) is 2.52. The van der Waals surface area contributed by atoms with Crippen LogP contribution in [0.4, 0.5) is 0 Å². The van der Waals surface area contributed by atoms with Gasteiger partial charge >= 0.3 is 0 Å². The Balaban J connectivity index is 2.03. The summed E-state index contributed by atoms with van der Waals surface area (Å²) >= 11 is 0. The summed E-state index contributed by atoms with van der Waals surface area (Å²) in [6.45, 7) is 6.58. The van der Waals surface area contributed by atoms with Gasteiger partial charge in [0.25, 0.3) is 0 Å². The summed E-state index contributed by atoms with van der Waals surface area (Å²) in [5.41, 5.74) is 0.244. The molecule has 0 saturated carbocycles. The van der Waals surface area contributed by atoms with Crippen LogP contribution in [0.15, 0.2) is 0 Å². The Labute approximate surface area is 68.3 Å². The van der Waals surface area contributed by atoms with E-state index in [0.29, 0.717) is 12.0 Å². The van der Waals surface area contributed by atoms with Crippen LogP contribution in [0.25, 0.3) is 0 Å². The van der Waals surface area contributed by atoms with Crippen molar-refractivity contribution in [2.45, 2.75) is 38.3 Å². The average molecular weight is 155 g/mol. The monoisotopic (exact) mass is 155 g/mol. The molecule has 1 spiro atoms. The standard InChI is InChI=1S/C9H17NO/c1-7(2)8-9(6-10-8)4-3-5-11-9/h7-8,10H,3-6H2,1-2H3/t8-,9-/m1/s1. The summed E-state index contributed by atoms with van der Waals surface area (Å²) in [4.78, 5) is 0. The molecule has 0 aromatic carbocycles. The largest absolute Gasteiger partial charge is 0.372 e. The highest BCUT2D eigenvalue weighted by molar-refractivity contribution is 5.07. The molecule has 2 aliphatic rings. The smallest absolute Gasteiger partial charge is 0.0961 e. The molecule has 2 atom stereocenters. The molecule has 2 rings (SSSR count). The number of nitrogens with one attached hydrogen (secondary N) is 1. The highest BCUT2D eigenvalue weighted by Gasteiger charge is 2.50. The minimum absolute atomic E-state index is 0.244. The molecule has 2 saturated heterocycles. The molecule has 2 nitrogen and oxygen atoms in total. The molecule has 1 N–H and O–H groups in total. The normalized spacial score (nSPS) is 43.4. The minimum atomic E-state index is 0.244. The molecule has 0 amide bonds. The quantitative estimate of drug-likeness (QED) is 0.613. The van der Waals surface area contributed by atoms with Crippen LogP contribution >= 0.6 is 0 Å². The summed E-state index contributed by atoms with van der Waals surface area (Å²) < 4.78 is 5.79. The van der Waals surface area contributed by atoms with Crippen molar-refractivity contribution in [3.05, 3.63) is 0 Å². The van der Waals surface area contributed by atoms with Gasteiger partial charge in [0.1, 0.15) is 0 Å². The number of rotatable bonds is 1. The van der Waals surface area contributed by atoms with E-state index in [1.165, 1.54) is 12.8 Å². The topological polar surface area (TPSA) is 21.3 Å². The summed E-state index contributed by atoms with van der Waals surface area (Å²) in [5.74, 6) is 0.710. The Bertz CT molecular complexity index is 150. The van der Waals surface area contributed by atoms with Gasteiger partial charge in [0.15, 0.2) is 0 Å². The fourth-order valence-electron chi connectivity index (χ4n) is 2.39. The van der Waals surface area contributed by atoms with Gasteiger partial charge in [-0.05, 0) is 18.8 Å². The Kier molecular flexibility index (Phi) is 1.69. The fourth-order valence-corrected chi connectivity index (χ4v) is 2.39. The van der Waals surface area contributed by atoms with E-state index in [9.17, 15) is 0 Å². The zero-order valence-electron chi connectivity index (χ0n) is 7.39. The first-order valence-electron chi connectivity index (χ1n) is 4.62. The van der Waals surface area contributed by atoms with Gasteiger partial charge in [-0.25, -0.2) is 0 Å². The first-order valence-corrected chi connectivity index (χ1v) is 4.62. The second-order valence-corrected chi connectivity index (χ2v) is 4.12. The first-order chi connectivity index (χ1) is 5.25. The van der Waals surface area contributed by atoms with E-state index < -0.39 is 0 Å². The van der Waals surface area contributed by atoms with Crippen LogP contribution in [0.5, 0.6) is 0 Å². The number of hydrogen-bond donors (Lipinski definition) is 1. The van der Waals surface area contributed by atoms with Crippen molar-refractivity contribution in [3.8, 4) is 0 Å². The predicted octanol–water partition coefficient (Wildman–Crippen LogP) is 1.16. The Morgan fingerprint density at radius 3 is 2.73 bits per heavy atom. The van der Waals surface area contributed by atoms with Gasteiger partial charge in [0, 0.05) is 19.2 Å². The maximum Gasteiger partial charge on any atom is 0.0961 e. The van der Waals surface area contributed by atoms with Crippen LogP contribution in [0.2, 0.25) is 0 Å².